The number of hydrogen-bond acceptors (Lipinski definition) is 4. The van der Waals surface area contributed by atoms with Crippen molar-refractivity contribution in [3.8, 4) is 0 Å². The molecule has 1 aliphatic rings. The predicted molar refractivity (Wildman–Crippen MR) is 79.1 cm³/mol. The molecular formula is C13H20BrN3O. The van der Waals surface area contributed by atoms with Crippen LogP contribution in [0.4, 0.5) is 11.4 Å². The Bertz CT molecular complexity index is 392. The summed E-state index contributed by atoms with van der Waals surface area (Å²) in [5, 5.41) is 0. The molecule has 1 aromatic carbocycles. The van der Waals surface area contributed by atoms with E-state index in [2.05, 4.69) is 31.8 Å². The second-order valence-corrected chi connectivity index (χ2v) is 5.44. The van der Waals surface area contributed by atoms with Gasteiger partial charge in [-0.1, -0.05) is 15.9 Å². The number of nitrogens with two attached hydrogens (primary N) is 1. The molecule has 5 heteroatoms. The van der Waals surface area contributed by atoms with Gasteiger partial charge in [0.05, 0.1) is 18.0 Å². The molecule has 0 aromatic heterocycles. The van der Waals surface area contributed by atoms with Gasteiger partial charge in [-0.3, -0.25) is 4.90 Å². The van der Waals surface area contributed by atoms with Crippen LogP contribution in [0, 0.1) is 0 Å². The number of benzene rings is 1. The first-order valence-electron chi connectivity index (χ1n) is 6.22. The van der Waals surface area contributed by atoms with Crippen LogP contribution in [0.3, 0.4) is 0 Å². The first kappa shape index (κ1) is 13.6. The fraction of sp³-hybridized carbons (Fsp3) is 0.538. The van der Waals surface area contributed by atoms with E-state index in [1.807, 2.05) is 12.1 Å². The summed E-state index contributed by atoms with van der Waals surface area (Å²) in [4.78, 5) is 4.78. The molecule has 0 saturated carbocycles. The normalized spacial score (nSPS) is 17.1. The third kappa shape index (κ3) is 3.37. The van der Waals surface area contributed by atoms with E-state index in [9.17, 15) is 0 Å². The summed E-state index contributed by atoms with van der Waals surface area (Å²) in [6.45, 7) is 6.00. The average Bonchev–Trinajstić information content (AvgIpc) is 2.37. The van der Waals surface area contributed by atoms with Crippen molar-refractivity contribution in [3.63, 3.8) is 0 Å². The summed E-state index contributed by atoms with van der Waals surface area (Å²) in [6, 6.07) is 6.10. The van der Waals surface area contributed by atoms with Gasteiger partial charge < -0.3 is 15.4 Å². The van der Waals surface area contributed by atoms with Gasteiger partial charge in [0.2, 0.25) is 0 Å². The number of nitrogens with zero attached hydrogens (tertiary/aromatic N) is 2. The summed E-state index contributed by atoms with van der Waals surface area (Å²) >= 11 is 3.44. The van der Waals surface area contributed by atoms with Crippen molar-refractivity contribution in [2.24, 2.45) is 0 Å². The molecule has 1 saturated heterocycles. The number of anilines is 2. The Morgan fingerprint density at radius 3 is 2.61 bits per heavy atom. The zero-order chi connectivity index (χ0) is 13.0. The van der Waals surface area contributed by atoms with Crippen LogP contribution < -0.4 is 10.6 Å². The molecule has 0 amide bonds. The minimum absolute atomic E-state index is 0.806. The molecule has 1 heterocycles. The largest absolute Gasteiger partial charge is 0.397 e. The number of methoxy groups -OCH3 is 1. The highest BCUT2D eigenvalue weighted by molar-refractivity contribution is 9.10. The van der Waals surface area contributed by atoms with Gasteiger partial charge in [-0.2, -0.15) is 0 Å². The monoisotopic (exact) mass is 313 g/mol. The van der Waals surface area contributed by atoms with Gasteiger partial charge in [-0.05, 0) is 18.2 Å². The third-order valence-electron chi connectivity index (χ3n) is 3.31. The maximum absolute atomic E-state index is 6.06. The van der Waals surface area contributed by atoms with Gasteiger partial charge in [-0.15, -0.1) is 0 Å². The number of nitrogen functional groups attached to an aromatic ring is 1. The Morgan fingerprint density at radius 1 is 1.28 bits per heavy atom. The number of rotatable bonds is 4. The van der Waals surface area contributed by atoms with Gasteiger partial charge in [-0.25, -0.2) is 0 Å². The highest BCUT2D eigenvalue weighted by Crippen LogP contribution is 2.27. The minimum Gasteiger partial charge on any atom is -0.397 e. The van der Waals surface area contributed by atoms with Gasteiger partial charge in [0.1, 0.15) is 0 Å². The van der Waals surface area contributed by atoms with Crippen LogP contribution in [0.5, 0.6) is 0 Å². The summed E-state index contributed by atoms with van der Waals surface area (Å²) in [7, 11) is 1.75. The predicted octanol–water partition coefficient (Wildman–Crippen LogP) is 1.80. The number of halogens is 1. The first-order valence-corrected chi connectivity index (χ1v) is 7.01. The standard InChI is InChI=1S/C13H20BrN3O/c1-18-9-8-16-4-6-17(7-5-16)13-3-2-11(14)10-12(13)15/h2-3,10H,4-9,15H2,1H3. The maximum Gasteiger partial charge on any atom is 0.0601 e. The topological polar surface area (TPSA) is 41.7 Å². The second-order valence-electron chi connectivity index (χ2n) is 4.52. The first-order chi connectivity index (χ1) is 8.70. The molecule has 1 aliphatic heterocycles. The Labute approximate surface area is 117 Å². The molecule has 1 aromatic rings. The van der Waals surface area contributed by atoms with Crippen LogP contribution >= 0.6 is 15.9 Å². The van der Waals surface area contributed by atoms with Gasteiger partial charge in [0.25, 0.3) is 0 Å². The van der Waals surface area contributed by atoms with E-state index in [1.54, 1.807) is 7.11 Å². The van der Waals surface area contributed by atoms with Crippen molar-refractivity contribution in [3.05, 3.63) is 22.7 Å². The molecule has 18 heavy (non-hydrogen) atoms. The van der Waals surface area contributed by atoms with E-state index in [1.165, 1.54) is 0 Å². The molecule has 1 fully saturated rings. The van der Waals surface area contributed by atoms with Crippen LogP contribution in [0.2, 0.25) is 0 Å². The van der Waals surface area contributed by atoms with Crippen molar-refractivity contribution in [1.82, 2.24) is 4.90 Å². The number of piperazine rings is 1. The van der Waals surface area contributed by atoms with Crippen LogP contribution in [-0.4, -0.2) is 51.3 Å². The minimum atomic E-state index is 0.806. The Morgan fingerprint density at radius 2 is 2.00 bits per heavy atom. The maximum atomic E-state index is 6.06. The molecule has 100 valence electrons. The molecule has 0 atom stereocenters. The quantitative estimate of drug-likeness (QED) is 0.861. The number of hydrogen-bond donors (Lipinski definition) is 1. The summed E-state index contributed by atoms with van der Waals surface area (Å²) in [5.41, 5.74) is 8.05. The van der Waals surface area contributed by atoms with Crippen molar-refractivity contribution < 1.29 is 4.74 Å². The van der Waals surface area contributed by atoms with E-state index in [-0.39, 0.29) is 0 Å². The molecule has 0 radical (unpaired) electrons. The van der Waals surface area contributed by atoms with Crippen molar-refractivity contribution >= 4 is 27.3 Å². The van der Waals surface area contributed by atoms with E-state index >= 15 is 0 Å². The molecule has 0 spiro atoms. The van der Waals surface area contributed by atoms with Gasteiger partial charge in [0, 0.05) is 44.3 Å². The fourth-order valence-electron chi connectivity index (χ4n) is 2.25. The summed E-state index contributed by atoms with van der Waals surface area (Å²) < 4.78 is 6.14. The summed E-state index contributed by atoms with van der Waals surface area (Å²) in [6.07, 6.45) is 0. The number of ether oxygens (including phenoxy) is 1. The van der Waals surface area contributed by atoms with Crippen LogP contribution in [0.15, 0.2) is 22.7 Å². The summed E-state index contributed by atoms with van der Waals surface area (Å²) in [5.74, 6) is 0. The third-order valence-corrected chi connectivity index (χ3v) is 3.81. The van der Waals surface area contributed by atoms with Crippen molar-refractivity contribution in [1.29, 1.82) is 0 Å². The van der Waals surface area contributed by atoms with E-state index in [0.717, 1.165) is 55.2 Å². The average molecular weight is 314 g/mol. The lowest BCUT2D eigenvalue weighted by Crippen LogP contribution is -2.47. The Kier molecular flexibility index (Phi) is 4.86. The van der Waals surface area contributed by atoms with Crippen molar-refractivity contribution in [2.45, 2.75) is 0 Å². The molecule has 0 bridgehead atoms. The van der Waals surface area contributed by atoms with E-state index in [4.69, 9.17) is 10.5 Å². The fourth-order valence-corrected chi connectivity index (χ4v) is 2.62. The van der Waals surface area contributed by atoms with Crippen LogP contribution in [0.25, 0.3) is 0 Å². The Balaban J connectivity index is 1.93. The van der Waals surface area contributed by atoms with Gasteiger partial charge >= 0.3 is 0 Å². The van der Waals surface area contributed by atoms with Crippen LogP contribution in [-0.2, 0) is 4.74 Å². The van der Waals surface area contributed by atoms with Crippen LogP contribution in [0.1, 0.15) is 0 Å². The zero-order valence-electron chi connectivity index (χ0n) is 10.7. The smallest absolute Gasteiger partial charge is 0.0601 e. The van der Waals surface area contributed by atoms with E-state index in [0.29, 0.717) is 0 Å². The molecule has 2 rings (SSSR count). The second kappa shape index (κ2) is 6.41. The molecule has 4 nitrogen and oxygen atoms in total. The lowest BCUT2D eigenvalue weighted by atomic mass is 10.2. The Hall–Kier alpha value is -0.780. The molecule has 0 aliphatic carbocycles. The lowest BCUT2D eigenvalue weighted by Gasteiger charge is -2.36. The van der Waals surface area contributed by atoms with Crippen molar-refractivity contribution in [2.75, 3.05) is 57.1 Å². The lowest BCUT2D eigenvalue weighted by molar-refractivity contribution is 0.144. The molecule has 2 N–H and O–H groups in total. The SMILES string of the molecule is COCCN1CCN(c2ccc(Br)cc2N)CC1. The molecular weight excluding hydrogens is 294 g/mol. The van der Waals surface area contributed by atoms with Gasteiger partial charge in [0.15, 0.2) is 0 Å². The molecule has 0 unspecified atom stereocenters. The highest BCUT2D eigenvalue weighted by atomic mass is 79.9. The van der Waals surface area contributed by atoms with E-state index < -0.39 is 0 Å². The highest BCUT2D eigenvalue weighted by Gasteiger charge is 2.18. The zero-order valence-corrected chi connectivity index (χ0v) is 12.3.